The predicted molar refractivity (Wildman–Crippen MR) is 84.1 cm³/mol. The number of amides is 1. The van der Waals surface area contributed by atoms with E-state index in [0.717, 1.165) is 19.4 Å². The van der Waals surface area contributed by atoms with Crippen molar-refractivity contribution >= 4 is 6.09 Å². The molecule has 2 rings (SSSR count). The molecule has 0 radical (unpaired) electrons. The standard InChI is InChI=1S/C17H25FN2O2/c1-17(2,3)22-16(21)19-14-8-6-10-20(12-14)11-13-7-4-5-9-15(13)18/h4-5,7,9,14H,6,8,10-12H2,1-3H3,(H,19,21). The smallest absolute Gasteiger partial charge is 0.407 e. The first-order valence-electron chi connectivity index (χ1n) is 7.79. The van der Waals surface area contributed by atoms with E-state index in [2.05, 4.69) is 10.2 Å². The number of hydrogen-bond acceptors (Lipinski definition) is 3. The maximum Gasteiger partial charge on any atom is 0.407 e. The molecule has 0 spiro atoms. The van der Waals surface area contributed by atoms with Crippen LogP contribution in [0.4, 0.5) is 9.18 Å². The Kier molecular flexibility index (Phi) is 5.40. The van der Waals surface area contributed by atoms with Crippen LogP contribution in [0.25, 0.3) is 0 Å². The lowest BCUT2D eigenvalue weighted by Crippen LogP contribution is -2.48. The summed E-state index contributed by atoms with van der Waals surface area (Å²) in [6, 6.07) is 6.88. The number of nitrogens with one attached hydrogen (secondary N) is 1. The molecule has 1 amide bonds. The number of halogens is 1. The van der Waals surface area contributed by atoms with Crippen LogP contribution in [0.5, 0.6) is 0 Å². The van der Waals surface area contributed by atoms with Crippen LogP contribution < -0.4 is 5.32 Å². The minimum absolute atomic E-state index is 0.0513. The number of likely N-dealkylation sites (tertiary alicyclic amines) is 1. The summed E-state index contributed by atoms with van der Waals surface area (Å²) in [4.78, 5) is 14.0. The van der Waals surface area contributed by atoms with Gasteiger partial charge in [0.05, 0.1) is 0 Å². The van der Waals surface area contributed by atoms with Crippen molar-refractivity contribution < 1.29 is 13.9 Å². The molecular formula is C17H25FN2O2. The van der Waals surface area contributed by atoms with Gasteiger partial charge in [-0.15, -0.1) is 0 Å². The molecule has 22 heavy (non-hydrogen) atoms. The monoisotopic (exact) mass is 308 g/mol. The molecule has 1 saturated heterocycles. The van der Waals surface area contributed by atoms with Crippen molar-refractivity contribution in [2.24, 2.45) is 0 Å². The molecule has 1 heterocycles. The molecule has 0 aliphatic carbocycles. The highest BCUT2D eigenvalue weighted by atomic mass is 19.1. The Morgan fingerprint density at radius 2 is 2.14 bits per heavy atom. The number of hydrogen-bond donors (Lipinski definition) is 1. The van der Waals surface area contributed by atoms with E-state index in [9.17, 15) is 9.18 Å². The molecule has 1 aromatic rings. The van der Waals surface area contributed by atoms with Gasteiger partial charge in [0, 0.05) is 24.7 Å². The van der Waals surface area contributed by atoms with E-state index in [4.69, 9.17) is 4.74 Å². The molecule has 4 nitrogen and oxygen atoms in total. The number of ether oxygens (including phenoxy) is 1. The Bertz CT molecular complexity index is 514. The summed E-state index contributed by atoms with van der Waals surface area (Å²) in [5, 5.41) is 2.91. The fourth-order valence-corrected chi connectivity index (χ4v) is 2.66. The Balaban J connectivity index is 1.87. The van der Waals surface area contributed by atoms with E-state index in [0.29, 0.717) is 18.7 Å². The second-order valence-electron chi connectivity index (χ2n) is 6.81. The lowest BCUT2D eigenvalue weighted by Gasteiger charge is -2.33. The van der Waals surface area contributed by atoms with E-state index in [1.165, 1.54) is 6.07 Å². The molecule has 1 aliphatic heterocycles. The quantitative estimate of drug-likeness (QED) is 0.931. The molecule has 1 aliphatic rings. The van der Waals surface area contributed by atoms with E-state index in [-0.39, 0.29) is 18.0 Å². The maximum atomic E-state index is 13.7. The second kappa shape index (κ2) is 7.09. The highest BCUT2D eigenvalue weighted by molar-refractivity contribution is 5.68. The first-order valence-corrected chi connectivity index (χ1v) is 7.79. The number of carbonyl (C=O) groups excluding carboxylic acids is 1. The third-order valence-corrected chi connectivity index (χ3v) is 3.58. The van der Waals surface area contributed by atoms with E-state index < -0.39 is 5.60 Å². The largest absolute Gasteiger partial charge is 0.444 e. The molecule has 0 bridgehead atoms. The van der Waals surface area contributed by atoms with Crippen LogP contribution in [0.3, 0.4) is 0 Å². The summed E-state index contributed by atoms with van der Waals surface area (Å²) < 4.78 is 19.0. The Morgan fingerprint density at radius 1 is 1.41 bits per heavy atom. The summed E-state index contributed by atoms with van der Waals surface area (Å²) in [5.74, 6) is -0.176. The van der Waals surface area contributed by atoms with Crippen molar-refractivity contribution in [3.05, 3.63) is 35.6 Å². The zero-order valence-corrected chi connectivity index (χ0v) is 13.6. The second-order valence-corrected chi connectivity index (χ2v) is 6.81. The highest BCUT2D eigenvalue weighted by Crippen LogP contribution is 2.16. The molecule has 1 unspecified atom stereocenters. The first kappa shape index (κ1) is 16.7. The topological polar surface area (TPSA) is 41.6 Å². The third kappa shape index (κ3) is 5.30. The van der Waals surface area contributed by atoms with Crippen LogP contribution in [0.15, 0.2) is 24.3 Å². The van der Waals surface area contributed by atoms with Crippen molar-refractivity contribution in [2.75, 3.05) is 13.1 Å². The average Bonchev–Trinajstić information content (AvgIpc) is 2.39. The fourth-order valence-electron chi connectivity index (χ4n) is 2.66. The van der Waals surface area contributed by atoms with E-state index in [1.807, 2.05) is 26.8 Å². The van der Waals surface area contributed by atoms with Crippen LogP contribution in [-0.4, -0.2) is 35.7 Å². The van der Waals surface area contributed by atoms with Gasteiger partial charge in [-0.2, -0.15) is 0 Å². The summed E-state index contributed by atoms with van der Waals surface area (Å²) in [7, 11) is 0. The molecule has 122 valence electrons. The van der Waals surface area contributed by atoms with Gasteiger partial charge in [0.1, 0.15) is 11.4 Å². The Morgan fingerprint density at radius 3 is 2.82 bits per heavy atom. The number of benzene rings is 1. The number of alkyl carbamates (subject to hydrolysis) is 1. The van der Waals surface area contributed by atoms with Crippen LogP contribution in [0.2, 0.25) is 0 Å². The molecule has 1 N–H and O–H groups in total. The third-order valence-electron chi connectivity index (χ3n) is 3.58. The Hall–Kier alpha value is -1.62. The number of piperidine rings is 1. The minimum atomic E-state index is -0.494. The van der Waals surface area contributed by atoms with E-state index >= 15 is 0 Å². The van der Waals surface area contributed by atoms with Crippen molar-refractivity contribution in [1.82, 2.24) is 10.2 Å². The minimum Gasteiger partial charge on any atom is -0.444 e. The maximum absolute atomic E-state index is 13.7. The average molecular weight is 308 g/mol. The van der Waals surface area contributed by atoms with Gasteiger partial charge in [-0.1, -0.05) is 18.2 Å². The molecule has 0 saturated carbocycles. The zero-order valence-electron chi connectivity index (χ0n) is 13.6. The summed E-state index contributed by atoms with van der Waals surface area (Å²) >= 11 is 0. The highest BCUT2D eigenvalue weighted by Gasteiger charge is 2.24. The van der Waals surface area contributed by atoms with Gasteiger partial charge in [-0.25, -0.2) is 9.18 Å². The molecular weight excluding hydrogens is 283 g/mol. The number of rotatable bonds is 3. The number of nitrogens with zero attached hydrogens (tertiary/aromatic N) is 1. The van der Waals surface area contributed by atoms with Crippen molar-refractivity contribution in [3.8, 4) is 0 Å². The number of carbonyl (C=O) groups is 1. The van der Waals surface area contributed by atoms with Gasteiger partial charge in [0.2, 0.25) is 0 Å². The zero-order chi connectivity index (χ0) is 16.2. The fraction of sp³-hybridized carbons (Fsp3) is 0.588. The summed E-state index contributed by atoms with van der Waals surface area (Å²) in [6.07, 6.45) is 1.52. The molecule has 0 aromatic heterocycles. The lowest BCUT2D eigenvalue weighted by molar-refractivity contribution is 0.0470. The Labute approximate surface area is 131 Å². The van der Waals surface area contributed by atoms with Gasteiger partial charge in [0.15, 0.2) is 0 Å². The molecule has 5 heteroatoms. The van der Waals surface area contributed by atoms with Gasteiger partial charge in [-0.3, -0.25) is 4.90 Å². The summed E-state index contributed by atoms with van der Waals surface area (Å²) in [6.45, 7) is 7.74. The van der Waals surface area contributed by atoms with Crippen LogP contribution >= 0.6 is 0 Å². The van der Waals surface area contributed by atoms with Crippen molar-refractivity contribution in [3.63, 3.8) is 0 Å². The van der Waals surface area contributed by atoms with Crippen molar-refractivity contribution in [1.29, 1.82) is 0 Å². The van der Waals surface area contributed by atoms with Gasteiger partial charge < -0.3 is 10.1 Å². The van der Waals surface area contributed by atoms with Gasteiger partial charge in [-0.05, 0) is 46.2 Å². The predicted octanol–water partition coefficient (Wildman–Crippen LogP) is 3.31. The first-order chi connectivity index (χ1) is 10.3. The normalized spacial score (nSPS) is 19.7. The van der Waals surface area contributed by atoms with Crippen molar-refractivity contribution in [2.45, 2.75) is 51.8 Å². The molecule has 1 fully saturated rings. The van der Waals surface area contributed by atoms with Crippen LogP contribution in [-0.2, 0) is 11.3 Å². The van der Waals surface area contributed by atoms with Crippen LogP contribution in [0, 0.1) is 5.82 Å². The van der Waals surface area contributed by atoms with E-state index in [1.54, 1.807) is 12.1 Å². The lowest BCUT2D eigenvalue weighted by atomic mass is 10.0. The SMILES string of the molecule is CC(C)(C)OC(=O)NC1CCCN(Cc2ccccc2F)C1. The summed E-state index contributed by atoms with van der Waals surface area (Å²) in [5.41, 5.74) is 0.200. The molecule has 1 atom stereocenters. The van der Waals surface area contributed by atoms with Gasteiger partial charge in [0.25, 0.3) is 0 Å². The van der Waals surface area contributed by atoms with Gasteiger partial charge >= 0.3 is 6.09 Å². The molecule has 1 aromatic carbocycles. The van der Waals surface area contributed by atoms with Crippen LogP contribution in [0.1, 0.15) is 39.2 Å².